The van der Waals surface area contributed by atoms with Crippen LogP contribution in [0.5, 0.6) is 5.88 Å². The molecule has 0 unspecified atom stereocenters. The molecule has 3 aromatic carbocycles. The van der Waals surface area contributed by atoms with Gasteiger partial charge in [-0.25, -0.2) is 19.2 Å². The largest absolute Gasteiger partial charge is 0.473 e. The van der Waals surface area contributed by atoms with E-state index in [1.54, 1.807) is 42.7 Å². The van der Waals surface area contributed by atoms with E-state index in [-0.39, 0.29) is 18.1 Å². The van der Waals surface area contributed by atoms with Crippen LogP contribution in [0.15, 0.2) is 85.2 Å². The number of aryl methyl sites for hydroxylation is 1. The molecule has 0 saturated carbocycles. The lowest BCUT2D eigenvalue weighted by Gasteiger charge is -2.12. The number of benzene rings is 3. The van der Waals surface area contributed by atoms with Crippen LogP contribution >= 0.6 is 0 Å². The highest BCUT2D eigenvalue weighted by Gasteiger charge is 2.31. The molecule has 0 bridgehead atoms. The number of pyridine rings is 1. The maximum Gasteiger partial charge on any atom is 0.416 e. The highest BCUT2D eigenvalue weighted by atomic mass is 19.4. The van der Waals surface area contributed by atoms with Crippen molar-refractivity contribution in [2.45, 2.75) is 45.6 Å². The fourth-order valence-corrected chi connectivity index (χ4v) is 5.32. The van der Waals surface area contributed by atoms with Gasteiger partial charge in [-0.3, -0.25) is 0 Å². The Balaban J connectivity index is 1.22. The summed E-state index contributed by atoms with van der Waals surface area (Å²) < 4.78 is 67.5. The topological polar surface area (TPSA) is 97.0 Å². The molecule has 0 spiro atoms. The van der Waals surface area contributed by atoms with Crippen LogP contribution in [0.3, 0.4) is 0 Å². The second-order valence-corrected chi connectivity index (χ2v) is 11.1. The minimum Gasteiger partial charge on any atom is -0.473 e. The number of ether oxygens (including phenoxy) is 2. The number of imidazole rings is 1. The highest BCUT2D eigenvalue weighted by molar-refractivity contribution is 5.93. The van der Waals surface area contributed by atoms with Gasteiger partial charge in [0.2, 0.25) is 5.88 Å². The first kappa shape index (κ1) is 32.4. The van der Waals surface area contributed by atoms with Gasteiger partial charge in [0.05, 0.1) is 41.5 Å². The Morgan fingerprint density at radius 2 is 1.75 bits per heavy atom. The van der Waals surface area contributed by atoms with Crippen LogP contribution in [-0.2, 0) is 37.0 Å². The van der Waals surface area contributed by atoms with E-state index >= 15 is 0 Å². The predicted octanol–water partition coefficient (Wildman–Crippen LogP) is 7.26. The quantitative estimate of drug-likeness (QED) is 0.107. The van der Waals surface area contributed by atoms with Gasteiger partial charge in [0.15, 0.2) is 5.82 Å². The molecule has 0 aliphatic heterocycles. The monoisotopic (exact) mass is 658 g/mol. The van der Waals surface area contributed by atoms with Crippen molar-refractivity contribution in [2.24, 2.45) is 0 Å². The van der Waals surface area contributed by atoms with Gasteiger partial charge in [-0.1, -0.05) is 43.3 Å². The molecule has 0 aliphatic carbocycles. The van der Waals surface area contributed by atoms with Gasteiger partial charge < -0.3 is 18.6 Å². The Labute approximate surface area is 272 Å². The summed E-state index contributed by atoms with van der Waals surface area (Å²) in [4.78, 5) is 21.7. The number of hydrogen-bond donors (Lipinski definition) is 0. The lowest BCUT2D eigenvalue weighted by Crippen LogP contribution is -2.12. The van der Waals surface area contributed by atoms with Gasteiger partial charge in [-0.05, 0) is 48.4 Å². The zero-order chi connectivity index (χ0) is 33.8. The van der Waals surface area contributed by atoms with E-state index in [0.717, 1.165) is 58.9 Å². The summed E-state index contributed by atoms with van der Waals surface area (Å²) in [5.41, 5.74) is 3.22. The van der Waals surface area contributed by atoms with Crippen LogP contribution < -0.4 is 4.74 Å². The molecule has 48 heavy (non-hydrogen) atoms. The molecule has 0 saturated heterocycles. The van der Waals surface area contributed by atoms with Crippen molar-refractivity contribution in [3.05, 3.63) is 125 Å². The Hall–Kier alpha value is -5.59. The van der Waals surface area contributed by atoms with Gasteiger partial charge in [-0.2, -0.15) is 13.2 Å². The maximum atomic E-state index is 14.3. The molecular weight excluding hydrogens is 628 g/mol. The number of nitrogens with zero attached hydrogens (tertiary/aromatic N) is 6. The number of fused-ring (bicyclic) bond motifs is 1. The number of carbonyl (C=O) groups excluding carboxylic acids is 1. The zero-order valence-corrected chi connectivity index (χ0v) is 26.0. The smallest absolute Gasteiger partial charge is 0.416 e. The fraction of sp³-hybridized carbons (Fsp3) is 0.229. The molecule has 0 atom stereocenters. The van der Waals surface area contributed by atoms with E-state index in [1.165, 1.54) is 7.11 Å². The van der Waals surface area contributed by atoms with E-state index in [2.05, 4.69) is 22.1 Å². The normalized spacial score (nSPS) is 11.6. The summed E-state index contributed by atoms with van der Waals surface area (Å²) >= 11 is 0. The standard InChI is InChI=1S/C35H30F4N6O3/c1-3-15-44-21-40-43-32(44)19-45-30-17-24(34(46)47-2)12-14-29(30)41-31(45)16-22-7-9-23(10-8-22)28-5-4-6-33(42-28)48-20-25-11-13-26(18-27(25)36)35(37,38)39/h4-14,17-18,21H,3,15-16,19-20H2,1-2H3. The molecule has 0 fully saturated rings. The molecule has 0 N–H and O–H groups in total. The maximum absolute atomic E-state index is 14.3. The van der Waals surface area contributed by atoms with Crippen molar-refractivity contribution >= 4 is 17.0 Å². The summed E-state index contributed by atoms with van der Waals surface area (Å²) in [6.07, 6.45) is -1.52. The average molecular weight is 659 g/mol. The lowest BCUT2D eigenvalue weighted by molar-refractivity contribution is -0.137. The van der Waals surface area contributed by atoms with Crippen LogP contribution in [0.1, 0.15) is 52.0 Å². The number of hydrogen-bond acceptors (Lipinski definition) is 7. The fourth-order valence-electron chi connectivity index (χ4n) is 5.32. The van der Waals surface area contributed by atoms with Gasteiger partial charge >= 0.3 is 12.1 Å². The molecule has 9 nitrogen and oxygen atoms in total. The SMILES string of the molecule is CCCn1cnnc1Cn1c(Cc2ccc(-c3cccc(OCc4ccc(C(F)(F)F)cc4F)n3)cc2)nc2ccc(C(=O)OC)cc21. The molecule has 6 aromatic rings. The summed E-state index contributed by atoms with van der Waals surface area (Å²) in [6.45, 7) is 2.97. The number of carbonyl (C=O) groups is 1. The molecule has 0 amide bonds. The van der Waals surface area contributed by atoms with Crippen LogP contribution in [-0.4, -0.2) is 42.4 Å². The van der Waals surface area contributed by atoms with Crippen LogP contribution in [0.25, 0.3) is 22.3 Å². The lowest BCUT2D eigenvalue weighted by atomic mass is 10.1. The molecule has 0 radical (unpaired) electrons. The third-order valence-electron chi connectivity index (χ3n) is 7.80. The Kier molecular flexibility index (Phi) is 9.19. The first-order valence-electron chi connectivity index (χ1n) is 15.1. The highest BCUT2D eigenvalue weighted by Crippen LogP contribution is 2.31. The van der Waals surface area contributed by atoms with E-state index in [9.17, 15) is 22.4 Å². The molecule has 3 aromatic heterocycles. The molecule has 246 valence electrons. The van der Waals surface area contributed by atoms with Crippen molar-refractivity contribution in [1.29, 1.82) is 0 Å². The van der Waals surface area contributed by atoms with Crippen molar-refractivity contribution < 1.29 is 31.8 Å². The Bertz CT molecular complexity index is 2070. The van der Waals surface area contributed by atoms with Gasteiger partial charge in [-0.15, -0.1) is 10.2 Å². The van der Waals surface area contributed by atoms with Crippen molar-refractivity contribution in [3.8, 4) is 17.1 Å². The zero-order valence-electron chi connectivity index (χ0n) is 26.0. The number of alkyl halides is 3. The van der Waals surface area contributed by atoms with Crippen molar-refractivity contribution in [3.63, 3.8) is 0 Å². The number of methoxy groups -OCH3 is 1. The van der Waals surface area contributed by atoms with E-state index in [1.807, 2.05) is 33.4 Å². The summed E-state index contributed by atoms with van der Waals surface area (Å²) in [5, 5.41) is 8.43. The second kappa shape index (κ2) is 13.6. The van der Waals surface area contributed by atoms with Crippen LogP contribution in [0.2, 0.25) is 0 Å². The van der Waals surface area contributed by atoms with Crippen LogP contribution in [0, 0.1) is 5.82 Å². The minimum absolute atomic E-state index is 0.0160. The van der Waals surface area contributed by atoms with E-state index in [4.69, 9.17) is 14.5 Å². The van der Waals surface area contributed by atoms with Crippen molar-refractivity contribution in [1.82, 2.24) is 29.3 Å². The van der Waals surface area contributed by atoms with E-state index < -0.39 is 23.5 Å². The average Bonchev–Trinajstić information content (AvgIpc) is 3.67. The number of esters is 1. The molecule has 6 rings (SSSR count). The molecular formula is C35H30F4N6O3. The predicted molar refractivity (Wildman–Crippen MR) is 169 cm³/mol. The molecule has 0 aliphatic rings. The number of halogens is 4. The summed E-state index contributed by atoms with van der Waals surface area (Å²) in [5.74, 6) is 0.301. The van der Waals surface area contributed by atoms with Crippen LogP contribution in [0.4, 0.5) is 17.6 Å². The first-order valence-corrected chi connectivity index (χ1v) is 15.1. The third kappa shape index (κ3) is 7.04. The summed E-state index contributed by atoms with van der Waals surface area (Å²) in [7, 11) is 1.34. The minimum atomic E-state index is -4.63. The summed E-state index contributed by atoms with van der Waals surface area (Å²) in [6, 6.07) is 20.5. The number of aromatic nitrogens is 6. The second-order valence-electron chi connectivity index (χ2n) is 11.1. The van der Waals surface area contributed by atoms with Crippen molar-refractivity contribution in [2.75, 3.05) is 7.11 Å². The first-order chi connectivity index (χ1) is 23.1. The third-order valence-corrected chi connectivity index (χ3v) is 7.80. The Morgan fingerprint density at radius 3 is 2.48 bits per heavy atom. The Morgan fingerprint density at radius 1 is 0.938 bits per heavy atom. The van der Waals surface area contributed by atoms with E-state index in [0.29, 0.717) is 30.3 Å². The van der Waals surface area contributed by atoms with Gasteiger partial charge in [0, 0.05) is 30.2 Å². The molecule has 13 heteroatoms. The molecule has 3 heterocycles. The van der Waals surface area contributed by atoms with Gasteiger partial charge in [0.25, 0.3) is 0 Å². The van der Waals surface area contributed by atoms with Gasteiger partial charge in [0.1, 0.15) is 24.6 Å². The number of rotatable bonds is 11.